The van der Waals surface area contributed by atoms with E-state index >= 15 is 0 Å². The van der Waals surface area contributed by atoms with Crippen LogP contribution in [-0.4, -0.2) is 86.6 Å². The van der Waals surface area contributed by atoms with Gasteiger partial charge in [-0.05, 0) is 39.8 Å². The molecule has 0 saturated carbocycles. The molecule has 0 spiro atoms. The lowest BCUT2D eigenvalue weighted by molar-refractivity contribution is -0.131. The first kappa shape index (κ1) is 27.5. The van der Waals surface area contributed by atoms with Crippen LogP contribution in [0.3, 0.4) is 0 Å². The van der Waals surface area contributed by atoms with E-state index in [0.29, 0.717) is 25.0 Å². The molecule has 1 aromatic carbocycles. The number of para-hydroxylation sites is 1. The largest absolute Gasteiger partial charge is 0.368 e. The van der Waals surface area contributed by atoms with Crippen molar-refractivity contribution in [3.63, 3.8) is 0 Å². The Labute approximate surface area is 205 Å². The van der Waals surface area contributed by atoms with Gasteiger partial charge in [-0.3, -0.25) is 14.7 Å². The van der Waals surface area contributed by atoms with Gasteiger partial charge in [-0.15, -0.1) is 24.0 Å². The number of benzene rings is 1. The number of amides is 1. The number of rotatable bonds is 9. The van der Waals surface area contributed by atoms with E-state index in [0.717, 1.165) is 45.2 Å². The maximum atomic E-state index is 12.6. The number of anilines is 1. The summed E-state index contributed by atoms with van der Waals surface area (Å²) < 4.78 is 0. The molecule has 2 rings (SSSR count). The number of nitrogens with zero attached hydrogens (tertiary/aromatic N) is 4. The molecule has 1 heterocycles. The molecule has 0 unspecified atom stereocenters. The zero-order chi connectivity index (χ0) is 21.9. The smallest absolute Gasteiger partial charge is 0.224 e. The van der Waals surface area contributed by atoms with Crippen LogP contribution in [0.4, 0.5) is 5.69 Å². The van der Waals surface area contributed by atoms with Crippen LogP contribution in [0.25, 0.3) is 0 Å². The summed E-state index contributed by atoms with van der Waals surface area (Å²) in [6.07, 6.45) is 0.482. The number of guanidine groups is 1. The fourth-order valence-corrected chi connectivity index (χ4v) is 3.94. The monoisotopic (exact) mass is 544 g/mol. The molecular formula is C23H41IN6O. The second-order valence-electron chi connectivity index (χ2n) is 8.30. The van der Waals surface area contributed by atoms with Gasteiger partial charge in [-0.1, -0.05) is 18.2 Å². The van der Waals surface area contributed by atoms with E-state index in [2.05, 4.69) is 77.4 Å². The zero-order valence-corrected chi connectivity index (χ0v) is 22.1. The van der Waals surface area contributed by atoms with Crippen molar-refractivity contribution in [2.75, 3.05) is 57.8 Å². The highest BCUT2D eigenvalue weighted by atomic mass is 127. The Morgan fingerprint density at radius 1 is 1.00 bits per heavy atom. The molecule has 7 nitrogen and oxygen atoms in total. The molecule has 2 N–H and O–H groups in total. The first-order valence-electron chi connectivity index (χ1n) is 11.2. The molecule has 1 aliphatic heterocycles. The minimum Gasteiger partial charge on any atom is -0.368 e. The minimum atomic E-state index is 0. The molecule has 0 aliphatic carbocycles. The summed E-state index contributed by atoms with van der Waals surface area (Å²) >= 11 is 0. The average Bonchev–Trinajstić information content (AvgIpc) is 2.75. The number of hydrogen-bond acceptors (Lipinski definition) is 4. The molecule has 1 amide bonds. The molecular weight excluding hydrogens is 503 g/mol. The predicted molar refractivity (Wildman–Crippen MR) is 142 cm³/mol. The van der Waals surface area contributed by atoms with Crippen molar-refractivity contribution >= 4 is 41.5 Å². The highest BCUT2D eigenvalue weighted by Crippen LogP contribution is 2.15. The Bertz CT molecular complexity index is 651. The predicted octanol–water partition coefficient (Wildman–Crippen LogP) is 2.63. The van der Waals surface area contributed by atoms with Crippen molar-refractivity contribution in [1.82, 2.24) is 20.4 Å². The first-order valence-corrected chi connectivity index (χ1v) is 11.2. The van der Waals surface area contributed by atoms with E-state index in [9.17, 15) is 4.79 Å². The van der Waals surface area contributed by atoms with Crippen LogP contribution in [0.15, 0.2) is 35.3 Å². The molecule has 1 aliphatic rings. The quantitative estimate of drug-likeness (QED) is 0.285. The summed E-state index contributed by atoms with van der Waals surface area (Å²) in [6.45, 7) is 14.6. The van der Waals surface area contributed by atoms with Crippen LogP contribution >= 0.6 is 24.0 Å². The molecule has 1 aromatic rings. The molecule has 176 valence electrons. The molecule has 0 atom stereocenters. The van der Waals surface area contributed by atoms with Gasteiger partial charge in [0, 0.05) is 77.1 Å². The van der Waals surface area contributed by atoms with Crippen molar-refractivity contribution in [3.05, 3.63) is 30.3 Å². The second kappa shape index (κ2) is 14.5. The average molecular weight is 545 g/mol. The number of aliphatic imine (C=N–C) groups is 1. The van der Waals surface area contributed by atoms with Crippen molar-refractivity contribution < 1.29 is 4.79 Å². The molecule has 8 heteroatoms. The van der Waals surface area contributed by atoms with E-state index in [4.69, 9.17) is 0 Å². The molecule has 0 bridgehead atoms. The van der Waals surface area contributed by atoms with Crippen LogP contribution < -0.4 is 15.5 Å². The molecule has 1 saturated heterocycles. The SMILES string of the molecule is CN=C(NCCC(=O)N1CCN(c2ccccc2)CC1)NCCN(C(C)C)C(C)C.I. The number of carbonyl (C=O) groups is 1. The third-order valence-electron chi connectivity index (χ3n) is 5.60. The van der Waals surface area contributed by atoms with Crippen molar-refractivity contribution in [2.45, 2.75) is 46.2 Å². The van der Waals surface area contributed by atoms with Crippen molar-refractivity contribution in [2.24, 2.45) is 4.99 Å². The molecule has 31 heavy (non-hydrogen) atoms. The van der Waals surface area contributed by atoms with Crippen LogP contribution in [0.5, 0.6) is 0 Å². The fraction of sp³-hybridized carbons (Fsp3) is 0.652. The van der Waals surface area contributed by atoms with Gasteiger partial charge >= 0.3 is 0 Å². The lowest BCUT2D eigenvalue weighted by Gasteiger charge is -2.36. The lowest BCUT2D eigenvalue weighted by Crippen LogP contribution is -2.49. The van der Waals surface area contributed by atoms with E-state index in [1.807, 2.05) is 11.0 Å². The highest BCUT2D eigenvalue weighted by Gasteiger charge is 2.21. The van der Waals surface area contributed by atoms with Crippen LogP contribution in [-0.2, 0) is 4.79 Å². The van der Waals surface area contributed by atoms with Gasteiger partial charge in [-0.25, -0.2) is 0 Å². The van der Waals surface area contributed by atoms with E-state index in [1.54, 1.807) is 7.05 Å². The number of halogens is 1. The summed E-state index contributed by atoms with van der Waals surface area (Å²) in [5, 5.41) is 6.62. The fourth-order valence-electron chi connectivity index (χ4n) is 3.94. The summed E-state index contributed by atoms with van der Waals surface area (Å²) in [6, 6.07) is 11.4. The van der Waals surface area contributed by atoms with Crippen molar-refractivity contribution in [3.8, 4) is 0 Å². The Morgan fingerprint density at radius 2 is 1.58 bits per heavy atom. The maximum Gasteiger partial charge on any atom is 0.224 e. The summed E-state index contributed by atoms with van der Waals surface area (Å²) in [7, 11) is 1.77. The van der Waals surface area contributed by atoms with Gasteiger partial charge in [0.1, 0.15) is 0 Å². The summed E-state index contributed by atoms with van der Waals surface area (Å²) in [5.74, 6) is 0.959. The van der Waals surface area contributed by atoms with Crippen LogP contribution in [0, 0.1) is 0 Å². The van der Waals surface area contributed by atoms with Gasteiger partial charge in [0.05, 0.1) is 0 Å². The summed E-state index contributed by atoms with van der Waals surface area (Å²) in [5.41, 5.74) is 1.23. The topological polar surface area (TPSA) is 63.2 Å². The van der Waals surface area contributed by atoms with Gasteiger partial charge in [0.15, 0.2) is 5.96 Å². The second-order valence-corrected chi connectivity index (χ2v) is 8.30. The minimum absolute atomic E-state index is 0. The van der Waals surface area contributed by atoms with Crippen LogP contribution in [0.2, 0.25) is 0 Å². The molecule has 0 radical (unpaired) electrons. The van der Waals surface area contributed by atoms with Gasteiger partial charge < -0.3 is 20.4 Å². The number of hydrogen-bond donors (Lipinski definition) is 2. The van der Waals surface area contributed by atoms with E-state index in [1.165, 1.54) is 5.69 Å². The van der Waals surface area contributed by atoms with Crippen LogP contribution in [0.1, 0.15) is 34.1 Å². The standard InChI is InChI=1S/C23H40N6O.HI/c1-19(2)29(20(3)4)14-13-26-23(24-5)25-12-11-22(30)28-17-15-27(16-18-28)21-9-7-6-8-10-21;/h6-10,19-20H,11-18H2,1-5H3,(H2,24,25,26);1H. The molecule has 1 fully saturated rings. The Balaban J connectivity index is 0.00000480. The lowest BCUT2D eigenvalue weighted by atomic mass is 10.2. The van der Waals surface area contributed by atoms with E-state index < -0.39 is 0 Å². The third kappa shape index (κ3) is 9.22. The third-order valence-corrected chi connectivity index (χ3v) is 5.60. The Morgan fingerprint density at radius 3 is 2.13 bits per heavy atom. The van der Waals surface area contributed by atoms with Crippen molar-refractivity contribution in [1.29, 1.82) is 0 Å². The Kier molecular flexibility index (Phi) is 12.9. The zero-order valence-electron chi connectivity index (χ0n) is 19.8. The first-order chi connectivity index (χ1) is 14.4. The highest BCUT2D eigenvalue weighted by molar-refractivity contribution is 14.0. The number of piperazine rings is 1. The van der Waals surface area contributed by atoms with E-state index in [-0.39, 0.29) is 29.9 Å². The molecule has 0 aromatic heterocycles. The van der Waals surface area contributed by atoms with Gasteiger partial charge in [0.2, 0.25) is 5.91 Å². The van der Waals surface area contributed by atoms with Gasteiger partial charge in [0.25, 0.3) is 0 Å². The normalized spacial score (nSPS) is 14.8. The van der Waals surface area contributed by atoms with Gasteiger partial charge in [-0.2, -0.15) is 0 Å². The number of nitrogens with one attached hydrogen (secondary N) is 2. The summed E-state index contributed by atoms with van der Waals surface area (Å²) in [4.78, 5) is 23.6. The maximum absolute atomic E-state index is 12.6. The Hall–Kier alpha value is -1.55. The number of carbonyl (C=O) groups excluding carboxylic acids is 1.